The Hall–Kier alpha value is -0.170. The van der Waals surface area contributed by atoms with Crippen molar-refractivity contribution in [1.29, 1.82) is 0 Å². The molecule has 0 amide bonds. The summed E-state index contributed by atoms with van der Waals surface area (Å²) in [4.78, 5) is 0. The van der Waals surface area contributed by atoms with Crippen LogP contribution in [0.3, 0.4) is 0 Å². The van der Waals surface area contributed by atoms with E-state index in [2.05, 4.69) is 5.32 Å². The van der Waals surface area contributed by atoms with E-state index in [1.165, 1.54) is 0 Å². The fourth-order valence-electron chi connectivity index (χ4n) is 2.44. The van der Waals surface area contributed by atoms with E-state index in [-0.39, 0.29) is 17.8 Å². The second-order valence-electron chi connectivity index (χ2n) is 4.68. The molecule has 0 aliphatic carbocycles. The summed E-state index contributed by atoms with van der Waals surface area (Å²) in [6.45, 7) is 2.71. The SMILES string of the molecule is O=S(=O)(C1CCNC1)N1CCC(CO)CC1. The molecule has 2 aliphatic rings. The van der Waals surface area contributed by atoms with Crippen molar-refractivity contribution < 1.29 is 13.5 Å². The number of hydrogen-bond acceptors (Lipinski definition) is 4. The van der Waals surface area contributed by atoms with Gasteiger partial charge in [-0.2, -0.15) is 0 Å². The Bertz CT molecular complexity index is 317. The molecule has 0 aromatic heterocycles. The van der Waals surface area contributed by atoms with Gasteiger partial charge in [-0.25, -0.2) is 12.7 Å². The maximum atomic E-state index is 12.2. The lowest BCUT2D eigenvalue weighted by atomic mass is 10.00. The van der Waals surface area contributed by atoms with Gasteiger partial charge in [-0.3, -0.25) is 0 Å². The lowest BCUT2D eigenvalue weighted by Gasteiger charge is -2.32. The van der Waals surface area contributed by atoms with Crippen LogP contribution in [0.2, 0.25) is 0 Å². The van der Waals surface area contributed by atoms with Gasteiger partial charge in [-0.05, 0) is 31.7 Å². The molecular formula is C10H20N2O3S. The first-order valence-corrected chi connectivity index (χ1v) is 7.45. The average molecular weight is 248 g/mol. The highest BCUT2D eigenvalue weighted by atomic mass is 32.2. The standard InChI is InChI=1S/C10H20N2O3S/c13-8-9-2-5-12(6-3-9)16(14,15)10-1-4-11-7-10/h9-11,13H,1-8H2. The van der Waals surface area contributed by atoms with Crippen LogP contribution in [0.15, 0.2) is 0 Å². The van der Waals surface area contributed by atoms with Crippen molar-refractivity contribution in [2.45, 2.75) is 24.5 Å². The van der Waals surface area contributed by atoms with Crippen molar-refractivity contribution >= 4 is 10.0 Å². The Labute approximate surface area is 96.9 Å². The van der Waals surface area contributed by atoms with Crippen LogP contribution >= 0.6 is 0 Å². The zero-order valence-electron chi connectivity index (χ0n) is 9.43. The predicted octanol–water partition coefficient (Wildman–Crippen LogP) is -0.618. The van der Waals surface area contributed by atoms with E-state index in [9.17, 15) is 8.42 Å². The third kappa shape index (κ3) is 2.40. The monoisotopic (exact) mass is 248 g/mol. The minimum Gasteiger partial charge on any atom is -0.396 e. The van der Waals surface area contributed by atoms with E-state index in [0.29, 0.717) is 19.6 Å². The molecule has 1 atom stereocenters. The van der Waals surface area contributed by atoms with Gasteiger partial charge in [-0.15, -0.1) is 0 Å². The molecule has 2 fully saturated rings. The molecular weight excluding hydrogens is 228 g/mol. The maximum Gasteiger partial charge on any atom is 0.218 e. The molecule has 0 aromatic rings. The van der Waals surface area contributed by atoms with E-state index in [1.54, 1.807) is 4.31 Å². The van der Waals surface area contributed by atoms with Gasteiger partial charge in [0.25, 0.3) is 0 Å². The number of aliphatic hydroxyl groups is 1. The van der Waals surface area contributed by atoms with Gasteiger partial charge >= 0.3 is 0 Å². The molecule has 0 saturated carbocycles. The van der Waals surface area contributed by atoms with E-state index in [4.69, 9.17) is 5.11 Å². The van der Waals surface area contributed by atoms with Gasteiger partial charge in [0.05, 0.1) is 5.25 Å². The Morgan fingerprint density at radius 2 is 1.94 bits per heavy atom. The number of nitrogens with one attached hydrogen (secondary N) is 1. The van der Waals surface area contributed by atoms with Gasteiger partial charge in [0.15, 0.2) is 0 Å². The van der Waals surface area contributed by atoms with Crippen molar-refractivity contribution in [3.05, 3.63) is 0 Å². The molecule has 2 N–H and O–H groups in total. The quantitative estimate of drug-likeness (QED) is 0.698. The third-order valence-corrected chi connectivity index (χ3v) is 5.96. The number of rotatable bonds is 3. The van der Waals surface area contributed by atoms with Gasteiger partial charge in [0.2, 0.25) is 10.0 Å². The van der Waals surface area contributed by atoms with Gasteiger partial charge in [-0.1, -0.05) is 0 Å². The van der Waals surface area contributed by atoms with Crippen LogP contribution in [0.1, 0.15) is 19.3 Å². The topological polar surface area (TPSA) is 69.6 Å². The fourth-order valence-corrected chi connectivity index (χ4v) is 4.33. The molecule has 0 aromatic carbocycles. The molecule has 1 unspecified atom stereocenters. The van der Waals surface area contributed by atoms with Crippen molar-refractivity contribution in [2.75, 3.05) is 32.8 Å². The summed E-state index contributed by atoms with van der Waals surface area (Å²) in [5, 5.41) is 11.9. The molecule has 2 saturated heterocycles. The summed E-state index contributed by atoms with van der Waals surface area (Å²) in [6, 6.07) is 0. The van der Waals surface area contributed by atoms with Crippen LogP contribution in [-0.4, -0.2) is 55.9 Å². The summed E-state index contributed by atoms with van der Waals surface area (Å²) in [5.41, 5.74) is 0. The van der Waals surface area contributed by atoms with Gasteiger partial charge in [0.1, 0.15) is 0 Å². The first-order chi connectivity index (χ1) is 7.64. The second-order valence-corrected chi connectivity index (χ2v) is 6.90. The van der Waals surface area contributed by atoms with Gasteiger partial charge < -0.3 is 10.4 Å². The van der Waals surface area contributed by atoms with Crippen LogP contribution < -0.4 is 5.32 Å². The molecule has 2 heterocycles. The Morgan fingerprint density at radius 3 is 2.44 bits per heavy atom. The molecule has 0 bridgehead atoms. The van der Waals surface area contributed by atoms with Crippen molar-refractivity contribution in [1.82, 2.24) is 9.62 Å². The molecule has 2 aliphatic heterocycles. The second kappa shape index (κ2) is 5.00. The largest absolute Gasteiger partial charge is 0.396 e. The number of piperidine rings is 1. The van der Waals surface area contributed by atoms with Gasteiger partial charge in [0, 0.05) is 26.2 Å². The number of aliphatic hydroxyl groups excluding tert-OH is 1. The molecule has 5 nitrogen and oxygen atoms in total. The van der Waals surface area contributed by atoms with E-state index in [0.717, 1.165) is 25.8 Å². The van der Waals surface area contributed by atoms with Crippen molar-refractivity contribution in [3.8, 4) is 0 Å². The number of sulfonamides is 1. The lowest BCUT2D eigenvalue weighted by Crippen LogP contribution is -2.44. The zero-order chi connectivity index (χ0) is 11.6. The number of hydrogen-bond donors (Lipinski definition) is 2. The normalized spacial score (nSPS) is 29.7. The van der Waals surface area contributed by atoms with E-state index >= 15 is 0 Å². The number of nitrogens with zero attached hydrogens (tertiary/aromatic N) is 1. The third-order valence-electron chi connectivity index (χ3n) is 3.63. The lowest BCUT2D eigenvalue weighted by molar-refractivity contribution is 0.169. The first-order valence-electron chi connectivity index (χ1n) is 5.95. The van der Waals surface area contributed by atoms with Crippen LogP contribution in [0.25, 0.3) is 0 Å². The van der Waals surface area contributed by atoms with E-state index in [1.807, 2.05) is 0 Å². The van der Waals surface area contributed by atoms with E-state index < -0.39 is 10.0 Å². The van der Waals surface area contributed by atoms with Crippen molar-refractivity contribution in [2.24, 2.45) is 5.92 Å². The summed E-state index contributed by atoms with van der Waals surface area (Å²) in [5.74, 6) is 0.285. The molecule has 16 heavy (non-hydrogen) atoms. The summed E-state index contributed by atoms with van der Waals surface area (Å²) < 4.78 is 26.0. The highest BCUT2D eigenvalue weighted by molar-refractivity contribution is 7.89. The summed E-state index contributed by atoms with van der Waals surface area (Å²) in [6.07, 6.45) is 2.30. The predicted molar refractivity (Wildman–Crippen MR) is 61.6 cm³/mol. The fraction of sp³-hybridized carbons (Fsp3) is 1.00. The van der Waals surface area contributed by atoms with Crippen LogP contribution in [0, 0.1) is 5.92 Å². The van der Waals surface area contributed by atoms with Crippen LogP contribution in [-0.2, 0) is 10.0 Å². The minimum atomic E-state index is -3.10. The minimum absolute atomic E-state index is 0.179. The molecule has 94 valence electrons. The Morgan fingerprint density at radius 1 is 1.25 bits per heavy atom. The van der Waals surface area contributed by atoms with Crippen LogP contribution in [0.4, 0.5) is 0 Å². The zero-order valence-corrected chi connectivity index (χ0v) is 10.2. The molecule has 0 radical (unpaired) electrons. The first kappa shape index (κ1) is 12.3. The Kier molecular flexibility index (Phi) is 3.84. The average Bonchev–Trinajstić information content (AvgIpc) is 2.83. The molecule has 0 spiro atoms. The molecule has 2 rings (SSSR count). The maximum absolute atomic E-state index is 12.2. The molecule has 6 heteroatoms. The smallest absolute Gasteiger partial charge is 0.218 e. The Balaban J connectivity index is 1.97. The summed E-state index contributed by atoms with van der Waals surface area (Å²) >= 11 is 0. The highest BCUT2D eigenvalue weighted by Gasteiger charge is 2.35. The summed E-state index contributed by atoms with van der Waals surface area (Å²) in [7, 11) is -3.10. The van der Waals surface area contributed by atoms with Crippen LogP contribution in [0.5, 0.6) is 0 Å². The highest BCUT2D eigenvalue weighted by Crippen LogP contribution is 2.23. The van der Waals surface area contributed by atoms with Crippen molar-refractivity contribution in [3.63, 3.8) is 0 Å².